The first-order chi connectivity index (χ1) is 16.6. The van der Waals surface area contributed by atoms with E-state index >= 15 is 0 Å². The third-order valence-electron chi connectivity index (χ3n) is 6.43. The summed E-state index contributed by atoms with van der Waals surface area (Å²) < 4.78 is 43.9. The standard InChI is InChI=1S/C26H34F3NO5/c1-17(31)23-25(34)24(33)22(32)15-30(23)13-3-2-4-14-35-16-18-5-7-19(8-6-18)20-9-11-21(12-10-20)26(27,28)29/h5-12,17,22-25,31-34H,2-4,13-16H2,1H3/t17-,22+,23+,24-,25-/m1/s1. The fraction of sp³-hybridized carbons (Fsp3) is 0.538. The third kappa shape index (κ3) is 7.49. The fourth-order valence-corrected chi connectivity index (χ4v) is 4.48. The molecule has 35 heavy (non-hydrogen) atoms. The van der Waals surface area contributed by atoms with Gasteiger partial charge in [0.15, 0.2) is 0 Å². The molecule has 1 saturated heterocycles. The Hall–Kier alpha value is -2.01. The summed E-state index contributed by atoms with van der Waals surface area (Å²) in [5.41, 5.74) is 1.85. The Labute approximate surface area is 203 Å². The Kier molecular flexibility index (Phi) is 9.69. The second-order valence-electron chi connectivity index (χ2n) is 9.16. The molecule has 0 aromatic heterocycles. The van der Waals surface area contributed by atoms with E-state index in [1.54, 1.807) is 6.92 Å². The number of hydrogen-bond acceptors (Lipinski definition) is 6. The SMILES string of the molecule is C[C@@H](O)[C@H]1[C@@H](O)[C@H](O)[C@@H](O)CN1CCCCCOCc1ccc(-c2ccc(C(F)(F)F)cc2)cc1. The van der Waals surface area contributed by atoms with Gasteiger partial charge in [-0.25, -0.2) is 0 Å². The van der Waals surface area contributed by atoms with E-state index in [0.29, 0.717) is 25.3 Å². The molecule has 1 fully saturated rings. The molecule has 194 valence electrons. The molecular formula is C26H34F3NO5. The van der Waals surface area contributed by atoms with Crippen LogP contribution in [-0.4, -0.2) is 75.5 Å². The van der Waals surface area contributed by atoms with Crippen LogP contribution in [0, 0.1) is 0 Å². The van der Waals surface area contributed by atoms with Crippen molar-refractivity contribution in [1.29, 1.82) is 0 Å². The minimum absolute atomic E-state index is 0.201. The molecule has 4 N–H and O–H groups in total. The number of nitrogens with zero attached hydrogens (tertiary/aromatic N) is 1. The van der Waals surface area contributed by atoms with E-state index in [0.717, 1.165) is 42.5 Å². The first-order valence-corrected chi connectivity index (χ1v) is 11.9. The minimum atomic E-state index is -4.34. The van der Waals surface area contributed by atoms with Gasteiger partial charge >= 0.3 is 6.18 Å². The average molecular weight is 498 g/mol. The first kappa shape index (κ1) is 27.6. The highest BCUT2D eigenvalue weighted by Gasteiger charge is 2.43. The highest BCUT2D eigenvalue weighted by molar-refractivity contribution is 5.64. The highest BCUT2D eigenvalue weighted by atomic mass is 19.4. The molecule has 0 amide bonds. The van der Waals surface area contributed by atoms with Crippen LogP contribution in [0.15, 0.2) is 48.5 Å². The van der Waals surface area contributed by atoms with E-state index in [9.17, 15) is 33.6 Å². The Morgan fingerprint density at radius 2 is 1.51 bits per heavy atom. The van der Waals surface area contributed by atoms with Crippen molar-refractivity contribution in [2.45, 2.75) is 69.4 Å². The normalized spacial score (nSPS) is 24.5. The van der Waals surface area contributed by atoms with Gasteiger partial charge in [0.2, 0.25) is 0 Å². The fourth-order valence-electron chi connectivity index (χ4n) is 4.48. The number of likely N-dealkylation sites (tertiary alicyclic amines) is 1. The molecule has 5 atom stereocenters. The van der Waals surface area contributed by atoms with Crippen LogP contribution in [0.4, 0.5) is 13.2 Å². The van der Waals surface area contributed by atoms with Gasteiger partial charge in [0.1, 0.15) is 12.2 Å². The number of halogens is 3. The van der Waals surface area contributed by atoms with Crippen LogP contribution < -0.4 is 0 Å². The van der Waals surface area contributed by atoms with E-state index in [2.05, 4.69) is 0 Å². The Morgan fingerprint density at radius 1 is 0.914 bits per heavy atom. The first-order valence-electron chi connectivity index (χ1n) is 11.9. The second-order valence-corrected chi connectivity index (χ2v) is 9.16. The lowest BCUT2D eigenvalue weighted by molar-refractivity contribution is -0.157. The smallest absolute Gasteiger partial charge is 0.392 e. The molecule has 2 aromatic carbocycles. The maximum Gasteiger partial charge on any atom is 0.416 e. The maximum atomic E-state index is 12.7. The van der Waals surface area contributed by atoms with Crippen molar-refractivity contribution in [3.63, 3.8) is 0 Å². The lowest BCUT2D eigenvalue weighted by atomic mass is 9.90. The molecule has 6 nitrogen and oxygen atoms in total. The predicted molar refractivity (Wildman–Crippen MR) is 125 cm³/mol. The van der Waals surface area contributed by atoms with Gasteiger partial charge in [-0.1, -0.05) is 36.4 Å². The van der Waals surface area contributed by atoms with E-state index in [4.69, 9.17) is 4.74 Å². The van der Waals surface area contributed by atoms with Crippen LogP contribution in [0.5, 0.6) is 0 Å². The Balaban J connectivity index is 1.36. The van der Waals surface area contributed by atoms with E-state index < -0.39 is 42.2 Å². The zero-order valence-electron chi connectivity index (χ0n) is 19.7. The van der Waals surface area contributed by atoms with Crippen molar-refractivity contribution in [1.82, 2.24) is 4.90 Å². The van der Waals surface area contributed by atoms with Crippen LogP contribution in [-0.2, 0) is 17.5 Å². The molecule has 0 saturated carbocycles. The van der Waals surface area contributed by atoms with Crippen LogP contribution in [0.2, 0.25) is 0 Å². The molecule has 2 aromatic rings. The van der Waals surface area contributed by atoms with Gasteiger partial charge in [-0.15, -0.1) is 0 Å². The predicted octanol–water partition coefficient (Wildman–Crippen LogP) is 3.21. The van der Waals surface area contributed by atoms with Crippen molar-refractivity contribution >= 4 is 0 Å². The van der Waals surface area contributed by atoms with Gasteiger partial charge in [-0.2, -0.15) is 13.2 Å². The zero-order chi connectivity index (χ0) is 25.6. The van der Waals surface area contributed by atoms with Crippen molar-refractivity contribution in [3.8, 4) is 11.1 Å². The summed E-state index contributed by atoms with van der Waals surface area (Å²) >= 11 is 0. The number of alkyl halides is 3. The second kappa shape index (κ2) is 12.3. The molecule has 1 aliphatic heterocycles. The average Bonchev–Trinajstić information content (AvgIpc) is 2.81. The highest BCUT2D eigenvalue weighted by Crippen LogP contribution is 2.31. The summed E-state index contributed by atoms with van der Waals surface area (Å²) in [7, 11) is 0. The molecule has 3 rings (SSSR count). The summed E-state index contributed by atoms with van der Waals surface area (Å²) in [6.45, 7) is 3.34. The Bertz CT molecular complexity index is 905. The molecular weight excluding hydrogens is 463 g/mol. The van der Waals surface area contributed by atoms with Crippen LogP contribution in [0.1, 0.15) is 37.3 Å². The van der Waals surface area contributed by atoms with Gasteiger partial charge in [0.05, 0.1) is 30.4 Å². The van der Waals surface area contributed by atoms with Crippen molar-refractivity contribution in [3.05, 3.63) is 59.7 Å². The molecule has 0 spiro atoms. The largest absolute Gasteiger partial charge is 0.416 e. The molecule has 0 unspecified atom stereocenters. The summed E-state index contributed by atoms with van der Waals surface area (Å²) in [5, 5.41) is 39.9. The van der Waals surface area contributed by atoms with Gasteiger partial charge in [0.25, 0.3) is 0 Å². The third-order valence-corrected chi connectivity index (χ3v) is 6.43. The van der Waals surface area contributed by atoms with E-state index in [1.165, 1.54) is 12.1 Å². The number of aliphatic hydroxyl groups is 4. The number of piperidine rings is 1. The monoisotopic (exact) mass is 497 g/mol. The topological polar surface area (TPSA) is 93.4 Å². The molecule has 9 heteroatoms. The summed E-state index contributed by atoms with van der Waals surface area (Å²) in [6, 6.07) is 12.0. The number of hydrogen-bond donors (Lipinski definition) is 4. The van der Waals surface area contributed by atoms with Crippen molar-refractivity contribution in [2.24, 2.45) is 0 Å². The molecule has 0 aliphatic carbocycles. The van der Waals surface area contributed by atoms with Gasteiger partial charge in [-0.05, 0) is 61.6 Å². The van der Waals surface area contributed by atoms with Crippen molar-refractivity contribution in [2.75, 3.05) is 19.7 Å². The number of ether oxygens (including phenoxy) is 1. The number of β-amino-alcohol motifs (C(OH)–C–C–N with tert-alkyl or cyclic N) is 1. The quantitative estimate of drug-likeness (QED) is 0.377. The van der Waals surface area contributed by atoms with E-state index in [-0.39, 0.29) is 6.54 Å². The van der Waals surface area contributed by atoms with Gasteiger partial charge < -0.3 is 25.2 Å². The summed E-state index contributed by atoms with van der Waals surface area (Å²) in [6.07, 6.45) is -6.20. The molecule has 0 bridgehead atoms. The maximum absolute atomic E-state index is 12.7. The molecule has 1 heterocycles. The molecule has 1 aliphatic rings. The summed E-state index contributed by atoms with van der Waals surface area (Å²) in [5.74, 6) is 0. The number of benzene rings is 2. The zero-order valence-corrected chi connectivity index (χ0v) is 19.7. The lowest BCUT2D eigenvalue weighted by Crippen LogP contribution is -2.64. The minimum Gasteiger partial charge on any atom is -0.392 e. The number of rotatable bonds is 10. The van der Waals surface area contributed by atoms with Gasteiger partial charge in [0, 0.05) is 13.2 Å². The van der Waals surface area contributed by atoms with Crippen LogP contribution >= 0.6 is 0 Å². The van der Waals surface area contributed by atoms with E-state index in [1.807, 2.05) is 29.2 Å². The Morgan fingerprint density at radius 3 is 2.09 bits per heavy atom. The molecule has 0 radical (unpaired) electrons. The van der Waals surface area contributed by atoms with Crippen LogP contribution in [0.3, 0.4) is 0 Å². The lowest BCUT2D eigenvalue weighted by Gasteiger charge is -2.45. The van der Waals surface area contributed by atoms with Crippen LogP contribution in [0.25, 0.3) is 11.1 Å². The number of unbranched alkanes of at least 4 members (excludes halogenated alkanes) is 2. The van der Waals surface area contributed by atoms with Crippen molar-refractivity contribution < 1.29 is 38.3 Å². The number of aliphatic hydroxyl groups excluding tert-OH is 4. The summed E-state index contributed by atoms with van der Waals surface area (Å²) in [4.78, 5) is 1.83. The van der Waals surface area contributed by atoms with Gasteiger partial charge in [-0.3, -0.25) is 4.90 Å².